The van der Waals surface area contributed by atoms with Crippen molar-refractivity contribution in [3.63, 3.8) is 0 Å². The Bertz CT molecular complexity index is 6580. The first-order chi connectivity index (χ1) is 52.7. The number of hydrogen-bond donors (Lipinski definition) is 6. The lowest BCUT2D eigenvalue weighted by Gasteiger charge is -2.43. The number of aromatic nitrogens is 8. The molecule has 21 rings (SSSR count). The van der Waals surface area contributed by atoms with E-state index in [1.165, 1.54) is 0 Å². The number of aliphatic hydroxyl groups excluding tert-OH is 1. The summed E-state index contributed by atoms with van der Waals surface area (Å²) in [7, 11) is 0. The Hall–Kier alpha value is -13.5. The highest BCUT2D eigenvalue weighted by molar-refractivity contribution is 6.38. The molecule has 3 aliphatic carbocycles. The van der Waals surface area contributed by atoms with Crippen LogP contribution in [0.3, 0.4) is 0 Å². The summed E-state index contributed by atoms with van der Waals surface area (Å²) in [6, 6.07) is 99.6. The van der Waals surface area contributed by atoms with E-state index in [-0.39, 0.29) is 5.78 Å². The minimum Gasteiger partial charge on any atom is -0.396 e. The Morgan fingerprint density at radius 1 is 0.318 bits per heavy atom. The first-order valence-corrected chi connectivity index (χ1v) is 36.5. The third-order valence-electron chi connectivity index (χ3n) is 23.3. The predicted molar refractivity (Wildman–Crippen MR) is 433 cm³/mol. The summed E-state index contributed by atoms with van der Waals surface area (Å²) < 4.78 is 0. The van der Waals surface area contributed by atoms with Crippen LogP contribution < -0.4 is 0 Å². The number of Topliss-reactive ketones (excluding diaryl/α,β-unsaturated/α-hetero) is 1. The van der Waals surface area contributed by atoms with Crippen molar-refractivity contribution in [1.29, 1.82) is 0 Å². The molecule has 5 unspecified atom stereocenters. The molecule has 11 heteroatoms. The molecule has 6 N–H and O–H groups in total. The smallest absolute Gasteiger partial charge is 0.175 e. The highest BCUT2D eigenvalue weighted by Gasteiger charge is 2.80. The zero-order valence-corrected chi connectivity index (χ0v) is 58.1. The minimum absolute atomic E-state index is 0.272. The number of hydrogen-bond acceptors (Lipinski definition) is 7. The number of H-pyrrole nitrogens is 4. The summed E-state index contributed by atoms with van der Waals surface area (Å²) in [6.45, 7) is 1.51. The maximum atomic E-state index is 17.9. The van der Waals surface area contributed by atoms with Crippen molar-refractivity contribution in [2.45, 2.75) is 12.5 Å². The number of allylic oxidation sites excluding steroid dienone is 3. The van der Waals surface area contributed by atoms with Crippen LogP contribution in [-0.2, 0) is 4.79 Å². The second-order valence-electron chi connectivity index (χ2n) is 28.8. The van der Waals surface area contributed by atoms with Crippen LogP contribution in [0.25, 0.3) is 180 Å². The molecule has 6 aromatic heterocycles. The van der Waals surface area contributed by atoms with E-state index >= 15 is 9.90 Å². The van der Waals surface area contributed by atoms with Crippen LogP contribution in [0.1, 0.15) is 52.5 Å². The lowest BCUT2D eigenvalue weighted by molar-refractivity contribution is -0.134. The number of rotatable bonds is 9. The molecule has 508 valence electrons. The van der Waals surface area contributed by atoms with E-state index in [9.17, 15) is 5.11 Å². The number of aromatic amines is 4. The largest absolute Gasteiger partial charge is 0.396 e. The molecule has 0 radical (unpaired) electrons. The fraction of sp³-hybridized carbons (Fsp3) is 0.0729. The van der Waals surface area contributed by atoms with Gasteiger partial charge in [0, 0.05) is 119 Å². The normalized spacial score (nSPS) is 18.7. The molecular weight excluding hydrogens is 1310 g/mol. The van der Waals surface area contributed by atoms with Crippen molar-refractivity contribution in [1.82, 2.24) is 39.9 Å². The molecule has 14 aromatic rings. The van der Waals surface area contributed by atoms with Gasteiger partial charge in [-0.3, -0.25) is 4.79 Å². The van der Waals surface area contributed by atoms with Crippen LogP contribution in [0.5, 0.6) is 0 Å². The standard InChI is InChI=1S/C96H66N8O3/c1-95-88(86-87(94(95)106)92-82(61-38-22-8-23-39-61)74-52-48-70(101-74)78(57-30-14-4-15-31-57)66-43-42-65(97-66)77(56-28-12-3-13-29-56)69-47-51-73(100-69)81(91(86)103-92)60-36-20-7-21-37-60)84-63(54-105)96(95,107)89-85(84)90-80(59-34-18-6-19-35-59)72-50-46-68(99-72)76(55-26-10-2-11-27-55)64-44-45-67(98-64)79(58-32-16-5-17-33-58)71-49-53-75(102-71)83(93(89)104-90)62-40-24-9-25-41-62/h2-53,63,84,88,99-102,105,107H,54H2,1H3. The molecule has 11 nitrogen and oxygen atoms in total. The van der Waals surface area contributed by atoms with Crippen LogP contribution in [-0.4, -0.2) is 68.1 Å². The Morgan fingerprint density at radius 2 is 0.570 bits per heavy atom. The molecule has 0 saturated heterocycles. The number of carbonyl (C=O) groups is 1. The first kappa shape index (κ1) is 62.1. The van der Waals surface area contributed by atoms with Gasteiger partial charge in [-0.2, -0.15) is 0 Å². The third-order valence-corrected chi connectivity index (χ3v) is 23.3. The maximum absolute atomic E-state index is 17.9. The Labute approximate surface area is 615 Å². The first-order valence-electron chi connectivity index (χ1n) is 36.5. The molecule has 7 aliphatic rings. The second-order valence-corrected chi connectivity index (χ2v) is 28.8. The molecular formula is C96H66N8O3. The lowest BCUT2D eigenvalue weighted by Crippen LogP contribution is -2.53. The van der Waals surface area contributed by atoms with Gasteiger partial charge in [0.25, 0.3) is 0 Å². The Morgan fingerprint density at radius 3 is 0.869 bits per heavy atom. The van der Waals surface area contributed by atoms with Crippen molar-refractivity contribution in [3.8, 4) is 89.0 Å². The maximum Gasteiger partial charge on any atom is 0.175 e. The average Bonchev–Trinajstić information content (AvgIpc) is 1.45. The van der Waals surface area contributed by atoms with Gasteiger partial charge < -0.3 is 30.1 Å². The van der Waals surface area contributed by atoms with E-state index in [1.54, 1.807) is 0 Å². The number of nitrogens with one attached hydrogen (secondary N) is 4. The monoisotopic (exact) mass is 1380 g/mol. The molecule has 10 heterocycles. The molecule has 5 atom stereocenters. The number of benzene rings is 8. The van der Waals surface area contributed by atoms with E-state index in [1.807, 2.05) is 104 Å². The summed E-state index contributed by atoms with van der Waals surface area (Å²) in [5.41, 5.74) is 24.1. The lowest BCUT2D eigenvalue weighted by atomic mass is 9.60. The van der Waals surface area contributed by atoms with Crippen LogP contribution >= 0.6 is 0 Å². The number of aliphatic hydroxyl groups is 2. The summed E-state index contributed by atoms with van der Waals surface area (Å²) in [6.07, 6.45) is 8.44. The SMILES string of the molecule is CC12C(=O)C3=C(c4nc3c(-c3ccccc3)c3ccc([nH]3)c(-c3ccccc3)c3nc(c(-c5ccccc5)c5ccc([nH]5)c4-c4ccccc4)C=C3)C1C1C3=C(c4nc3c(-c3ccccc3)c3ccc([nH]3)c(-c3ccccc3)c3nc(c(-c5ccccc5)c5ccc([nH]5)c4-c4ccccc4)C=C3)C2(O)C1CO. The Balaban J connectivity index is 0.925. The number of ketones is 1. The zero-order chi connectivity index (χ0) is 71.2. The predicted octanol–water partition coefficient (Wildman–Crippen LogP) is 21.3. The van der Waals surface area contributed by atoms with Gasteiger partial charge in [0.2, 0.25) is 0 Å². The second kappa shape index (κ2) is 24.1. The number of fused-ring (bicyclic) bond motifs is 28. The topological polar surface area (TPSA) is 172 Å². The van der Waals surface area contributed by atoms with Crippen molar-refractivity contribution in [2.75, 3.05) is 6.61 Å². The fourth-order valence-electron chi connectivity index (χ4n) is 18.8. The van der Waals surface area contributed by atoms with Gasteiger partial charge in [-0.15, -0.1) is 0 Å². The van der Waals surface area contributed by atoms with E-state index in [2.05, 4.69) is 238 Å². The average molecular weight is 1380 g/mol. The molecule has 8 aromatic carbocycles. The van der Waals surface area contributed by atoms with Gasteiger partial charge in [-0.1, -0.05) is 243 Å². The highest BCUT2D eigenvalue weighted by Crippen LogP contribution is 2.79. The molecule has 0 spiro atoms. The van der Waals surface area contributed by atoms with Crippen molar-refractivity contribution >= 4 is 96.5 Å². The summed E-state index contributed by atoms with van der Waals surface area (Å²) in [5, 5.41) is 28.5. The molecule has 1 saturated carbocycles. The number of carbonyl (C=O) groups excluding carboxylic acids is 1. The number of nitrogens with zero attached hydrogens (tertiary/aromatic N) is 4. The third kappa shape index (κ3) is 9.18. The highest BCUT2D eigenvalue weighted by atomic mass is 16.3. The fourth-order valence-corrected chi connectivity index (χ4v) is 18.8. The summed E-state index contributed by atoms with van der Waals surface area (Å²) in [5.74, 6) is -2.77. The van der Waals surface area contributed by atoms with Gasteiger partial charge in [-0.05, 0) is 135 Å². The quantitative estimate of drug-likeness (QED) is 0.0835. The van der Waals surface area contributed by atoms with E-state index in [0.717, 1.165) is 156 Å². The van der Waals surface area contributed by atoms with Gasteiger partial charge in [0.15, 0.2) is 5.78 Å². The van der Waals surface area contributed by atoms with E-state index in [4.69, 9.17) is 19.9 Å². The molecule has 18 bridgehead atoms. The molecule has 107 heavy (non-hydrogen) atoms. The molecule has 1 fully saturated rings. The summed E-state index contributed by atoms with van der Waals surface area (Å²) in [4.78, 5) is 57.2. The molecule has 4 aliphatic heterocycles. The minimum atomic E-state index is -2.10. The van der Waals surface area contributed by atoms with Crippen molar-refractivity contribution in [3.05, 3.63) is 337 Å². The van der Waals surface area contributed by atoms with Crippen LogP contribution in [0.4, 0.5) is 0 Å². The van der Waals surface area contributed by atoms with Crippen molar-refractivity contribution in [2.24, 2.45) is 23.2 Å². The van der Waals surface area contributed by atoms with Gasteiger partial charge >= 0.3 is 0 Å². The van der Waals surface area contributed by atoms with Gasteiger partial charge in [0.05, 0.1) is 56.5 Å². The van der Waals surface area contributed by atoms with Gasteiger partial charge in [0.1, 0.15) is 5.60 Å². The van der Waals surface area contributed by atoms with E-state index in [0.29, 0.717) is 45.1 Å². The van der Waals surface area contributed by atoms with Crippen LogP contribution in [0.2, 0.25) is 0 Å². The van der Waals surface area contributed by atoms with Gasteiger partial charge in [-0.25, -0.2) is 19.9 Å². The zero-order valence-electron chi connectivity index (χ0n) is 58.1. The van der Waals surface area contributed by atoms with Crippen LogP contribution in [0, 0.1) is 23.2 Å². The van der Waals surface area contributed by atoms with Crippen molar-refractivity contribution < 1.29 is 15.0 Å². The Kier molecular flexibility index (Phi) is 14.0. The summed E-state index contributed by atoms with van der Waals surface area (Å²) >= 11 is 0. The molecule has 0 amide bonds. The van der Waals surface area contributed by atoms with E-state index < -0.39 is 35.4 Å². The van der Waals surface area contributed by atoms with Crippen LogP contribution in [0.15, 0.2) is 291 Å².